The zero-order valence-electron chi connectivity index (χ0n) is 11.2. The number of rotatable bonds is 3. The molecule has 0 heterocycles. The first kappa shape index (κ1) is 15.3. The Kier molecular flexibility index (Phi) is 5.83. The largest absolute Gasteiger partial charge is 0.0999 e. The normalized spacial score (nSPS) is 9.60. The molecule has 3 aromatic carbocycles. The van der Waals surface area contributed by atoms with E-state index in [0.29, 0.717) is 0 Å². The van der Waals surface area contributed by atoms with Crippen molar-refractivity contribution >= 4 is 0 Å². The Balaban J connectivity index is 0.00000147. The Labute approximate surface area is 154 Å². The summed E-state index contributed by atoms with van der Waals surface area (Å²) >= 11 is 0. The Hall–Kier alpha value is -1.09. The second-order valence-corrected chi connectivity index (χ2v) is 4.47. The predicted molar refractivity (Wildman–Crippen MR) is 79.9 cm³/mol. The van der Waals surface area contributed by atoms with Gasteiger partial charge in [0.2, 0.25) is 0 Å². The average Bonchev–Trinajstić information content (AvgIpc) is 2.51. The molecule has 0 aromatic heterocycles. The third kappa shape index (κ3) is 3.51. The molecule has 3 aromatic rings. The van der Waals surface area contributed by atoms with Crippen LogP contribution in [0.3, 0.4) is 0 Å². The van der Waals surface area contributed by atoms with Crippen LogP contribution in [0.25, 0.3) is 0 Å². The summed E-state index contributed by atoms with van der Waals surface area (Å²) in [5.41, 5.74) is 3.75. The van der Waals surface area contributed by atoms with Gasteiger partial charge >= 0.3 is 0 Å². The SMILES string of the molecule is [Ce].c1ccc([C-](c2ccccc2)c2ccccc2)cc1. The molecular formula is C19H15Ce-. The van der Waals surface area contributed by atoms with E-state index < -0.39 is 0 Å². The molecule has 0 atom stereocenters. The van der Waals surface area contributed by atoms with Crippen LogP contribution in [0.15, 0.2) is 91.0 Å². The van der Waals surface area contributed by atoms with Crippen molar-refractivity contribution in [3.8, 4) is 0 Å². The van der Waals surface area contributed by atoms with E-state index in [0.717, 1.165) is 0 Å². The van der Waals surface area contributed by atoms with Crippen molar-refractivity contribution < 1.29 is 41.7 Å². The van der Waals surface area contributed by atoms with Crippen LogP contribution in [0.1, 0.15) is 16.7 Å². The van der Waals surface area contributed by atoms with Gasteiger partial charge in [0, 0.05) is 41.7 Å². The van der Waals surface area contributed by atoms with Crippen LogP contribution in [0.5, 0.6) is 0 Å². The quantitative estimate of drug-likeness (QED) is 0.454. The standard InChI is InChI=1S/C19H15.Ce/c1-4-10-16(11-5-1)19(17-12-6-2-7-13-17)18-14-8-3-9-15-18;/h1-15H;/q-1;. The molecule has 0 nitrogen and oxygen atoms in total. The van der Waals surface area contributed by atoms with Gasteiger partial charge in [0.15, 0.2) is 0 Å². The molecule has 0 spiro atoms. The number of benzene rings is 3. The van der Waals surface area contributed by atoms with E-state index in [1.165, 1.54) is 22.6 Å². The summed E-state index contributed by atoms with van der Waals surface area (Å²) in [5, 5.41) is 0. The van der Waals surface area contributed by atoms with E-state index in [-0.39, 0.29) is 41.7 Å². The topological polar surface area (TPSA) is 0 Å². The van der Waals surface area contributed by atoms with Crippen molar-refractivity contribution in [1.29, 1.82) is 0 Å². The Morgan fingerprint density at radius 3 is 0.900 bits per heavy atom. The maximum absolute atomic E-state index is 2.16. The number of hydrogen-bond donors (Lipinski definition) is 0. The molecule has 96 valence electrons. The third-order valence-corrected chi connectivity index (χ3v) is 3.19. The first-order valence-electron chi connectivity index (χ1n) is 6.48. The maximum Gasteiger partial charge on any atom is 0 e. The molecule has 0 radical (unpaired) electrons. The second kappa shape index (κ2) is 7.63. The molecule has 1 heteroatoms. The minimum absolute atomic E-state index is 0. The molecule has 0 unspecified atom stereocenters. The van der Waals surface area contributed by atoms with Crippen molar-refractivity contribution in [2.75, 3.05) is 0 Å². The molecule has 0 aliphatic heterocycles. The molecule has 0 amide bonds. The van der Waals surface area contributed by atoms with Crippen molar-refractivity contribution in [3.05, 3.63) is 114 Å². The Bertz CT molecular complexity index is 524. The molecule has 3 rings (SSSR count). The fourth-order valence-electron chi connectivity index (χ4n) is 2.31. The summed E-state index contributed by atoms with van der Waals surface area (Å²) in [6.45, 7) is 0. The molecule has 0 aliphatic rings. The van der Waals surface area contributed by atoms with E-state index in [9.17, 15) is 0 Å². The molecule has 0 aliphatic carbocycles. The average molecular weight is 383 g/mol. The summed E-state index contributed by atoms with van der Waals surface area (Å²) in [5.74, 6) is 1.28. The van der Waals surface area contributed by atoms with Crippen molar-refractivity contribution in [1.82, 2.24) is 0 Å². The van der Waals surface area contributed by atoms with Crippen LogP contribution >= 0.6 is 0 Å². The van der Waals surface area contributed by atoms with Gasteiger partial charge in [-0.25, -0.2) is 0 Å². The van der Waals surface area contributed by atoms with Crippen LogP contribution in [0.2, 0.25) is 0 Å². The molecule has 0 N–H and O–H groups in total. The zero-order valence-corrected chi connectivity index (χ0v) is 14.3. The maximum atomic E-state index is 2.16. The van der Waals surface area contributed by atoms with Crippen molar-refractivity contribution in [2.45, 2.75) is 0 Å². The monoisotopic (exact) mass is 383 g/mol. The molecule has 0 fully saturated rings. The van der Waals surface area contributed by atoms with Gasteiger partial charge in [0.05, 0.1) is 0 Å². The molecule has 0 saturated heterocycles. The third-order valence-electron chi connectivity index (χ3n) is 3.19. The van der Waals surface area contributed by atoms with Gasteiger partial charge in [-0.2, -0.15) is 0 Å². The Morgan fingerprint density at radius 1 is 0.400 bits per heavy atom. The van der Waals surface area contributed by atoms with Crippen molar-refractivity contribution in [3.63, 3.8) is 0 Å². The summed E-state index contributed by atoms with van der Waals surface area (Å²) in [6, 6.07) is 31.6. The van der Waals surface area contributed by atoms with Gasteiger partial charge < -0.3 is 0 Å². The zero-order chi connectivity index (χ0) is 12.9. The summed E-state index contributed by atoms with van der Waals surface area (Å²) < 4.78 is 0. The minimum atomic E-state index is 0. The Morgan fingerprint density at radius 2 is 0.650 bits per heavy atom. The smallest absolute Gasteiger partial charge is 0 e. The van der Waals surface area contributed by atoms with E-state index in [1.807, 2.05) is 0 Å². The minimum Gasteiger partial charge on any atom is -0.0999 e. The van der Waals surface area contributed by atoms with Crippen LogP contribution in [-0.4, -0.2) is 0 Å². The predicted octanol–water partition coefficient (Wildman–Crippen LogP) is 4.71. The van der Waals surface area contributed by atoms with E-state index >= 15 is 0 Å². The van der Waals surface area contributed by atoms with Crippen LogP contribution in [-0.2, 0) is 0 Å². The number of hydrogen-bond acceptors (Lipinski definition) is 0. The molecule has 0 bridgehead atoms. The van der Waals surface area contributed by atoms with E-state index in [2.05, 4.69) is 91.0 Å². The molecular weight excluding hydrogens is 368 g/mol. The van der Waals surface area contributed by atoms with Gasteiger partial charge in [0.1, 0.15) is 0 Å². The summed E-state index contributed by atoms with van der Waals surface area (Å²) in [7, 11) is 0. The van der Waals surface area contributed by atoms with Gasteiger partial charge in [-0.15, -0.1) is 0 Å². The van der Waals surface area contributed by atoms with Gasteiger partial charge in [-0.1, -0.05) is 114 Å². The summed E-state index contributed by atoms with van der Waals surface area (Å²) in [6.07, 6.45) is 0. The fraction of sp³-hybridized carbons (Fsp3) is 0. The van der Waals surface area contributed by atoms with E-state index in [4.69, 9.17) is 0 Å². The van der Waals surface area contributed by atoms with Crippen LogP contribution in [0, 0.1) is 47.7 Å². The van der Waals surface area contributed by atoms with E-state index in [1.54, 1.807) is 0 Å². The first-order chi connectivity index (χ1) is 9.45. The molecule has 0 saturated carbocycles. The second-order valence-electron chi connectivity index (χ2n) is 4.47. The van der Waals surface area contributed by atoms with Gasteiger partial charge in [-0.05, 0) is 0 Å². The van der Waals surface area contributed by atoms with Crippen LogP contribution in [0.4, 0.5) is 0 Å². The first-order valence-corrected chi connectivity index (χ1v) is 6.48. The van der Waals surface area contributed by atoms with Crippen molar-refractivity contribution in [2.24, 2.45) is 0 Å². The van der Waals surface area contributed by atoms with Gasteiger partial charge in [-0.3, -0.25) is 0 Å². The molecule has 20 heavy (non-hydrogen) atoms. The fourth-order valence-corrected chi connectivity index (χ4v) is 2.31. The van der Waals surface area contributed by atoms with Crippen LogP contribution < -0.4 is 0 Å². The van der Waals surface area contributed by atoms with Gasteiger partial charge in [0.25, 0.3) is 0 Å². The summed E-state index contributed by atoms with van der Waals surface area (Å²) in [4.78, 5) is 0.